The molecule has 4 rings (SSSR count). The van der Waals surface area contributed by atoms with E-state index in [1.165, 1.54) is 16.5 Å². The van der Waals surface area contributed by atoms with Gasteiger partial charge in [-0.1, -0.05) is 77.9 Å². The van der Waals surface area contributed by atoms with Crippen molar-refractivity contribution < 1.29 is 5.11 Å². The molecule has 0 aliphatic rings. The number of benzene rings is 2. The standard InChI is InChI=1S/C30H37N3O/c1-29(2,3)23-15-21(28(34)26(16-23)30(4,5)6)18-33(20-24-11-9-10-14-31-24)19-22-17-32-27-13-8-7-12-25(22)27/h7-17,32,34H,18-20H2,1-6H3. The molecule has 4 heteroatoms. The Kier molecular flexibility index (Phi) is 6.55. The van der Waals surface area contributed by atoms with Crippen molar-refractivity contribution in [3.8, 4) is 5.75 Å². The number of nitrogens with one attached hydrogen (secondary N) is 1. The lowest BCUT2D eigenvalue weighted by molar-refractivity contribution is 0.241. The fraction of sp³-hybridized carbons (Fsp3) is 0.367. The van der Waals surface area contributed by atoms with Crippen molar-refractivity contribution in [1.82, 2.24) is 14.9 Å². The molecule has 2 aromatic carbocycles. The molecule has 178 valence electrons. The van der Waals surface area contributed by atoms with Gasteiger partial charge >= 0.3 is 0 Å². The van der Waals surface area contributed by atoms with E-state index in [9.17, 15) is 5.11 Å². The lowest BCUT2D eigenvalue weighted by Crippen LogP contribution is -2.24. The fourth-order valence-corrected chi connectivity index (χ4v) is 4.45. The summed E-state index contributed by atoms with van der Waals surface area (Å²) in [5, 5.41) is 12.6. The highest BCUT2D eigenvalue weighted by Crippen LogP contribution is 2.38. The van der Waals surface area contributed by atoms with Gasteiger partial charge in [0.05, 0.1) is 5.69 Å². The highest BCUT2D eigenvalue weighted by atomic mass is 16.3. The summed E-state index contributed by atoms with van der Waals surface area (Å²) < 4.78 is 0. The van der Waals surface area contributed by atoms with E-state index in [-0.39, 0.29) is 10.8 Å². The Morgan fingerprint density at radius 1 is 0.824 bits per heavy atom. The fourth-order valence-electron chi connectivity index (χ4n) is 4.45. The second-order valence-electron chi connectivity index (χ2n) is 11.4. The smallest absolute Gasteiger partial charge is 0.123 e. The van der Waals surface area contributed by atoms with Gasteiger partial charge in [-0.25, -0.2) is 0 Å². The minimum Gasteiger partial charge on any atom is -0.507 e. The van der Waals surface area contributed by atoms with Gasteiger partial charge in [-0.2, -0.15) is 0 Å². The lowest BCUT2D eigenvalue weighted by atomic mass is 9.79. The van der Waals surface area contributed by atoms with E-state index < -0.39 is 0 Å². The van der Waals surface area contributed by atoms with E-state index in [0.29, 0.717) is 18.8 Å². The van der Waals surface area contributed by atoms with Crippen molar-refractivity contribution in [3.63, 3.8) is 0 Å². The van der Waals surface area contributed by atoms with Gasteiger partial charge < -0.3 is 10.1 Å². The molecular weight excluding hydrogens is 418 g/mol. The van der Waals surface area contributed by atoms with Gasteiger partial charge in [0, 0.05) is 48.5 Å². The van der Waals surface area contributed by atoms with E-state index in [4.69, 9.17) is 0 Å². The third-order valence-electron chi connectivity index (χ3n) is 6.44. The Bertz CT molecular complexity index is 1260. The van der Waals surface area contributed by atoms with Crippen LogP contribution in [0.15, 0.2) is 67.0 Å². The molecule has 34 heavy (non-hydrogen) atoms. The molecule has 2 aromatic heterocycles. The number of para-hydroxylation sites is 1. The van der Waals surface area contributed by atoms with Gasteiger partial charge in [0.15, 0.2) is 0 Å². The summed E-state index contributed by atoms with van der Waals surface area (Å²) in [6.45, 7) is 15.3. The van der Waals surface area contributed by atoms with Gasteiger partial charge in [0.1, 0.15) is 5.75 Å². The zero-order valence-corrected chi connectivity index (χ0v) is 21.3. The average molecular weight is 456 g/mol. The minimum absolute atomic E-state index is 0.00882. The van der Waals surface area contributed by atoms with Gasteiger partial charge in [0.2, 0.25) is 0 Å². The van der Waals surface area contributed by atoms with Crippen LogP contribution in [0.5, 0.6) is 5.75 Å². The van der Waals surface area contributed by atoms with Crippen molar-refractivity contribution in [2.75, 3.05) is 0 Å². The molecule has 0 saturated heterocycles. The summed E-state index contributed by atoms with van der Waals surface area (Å²) in [5.41, 5.74) is 6.46. The summed E-state index contributed by atoms with van der Waals surface area (Å²) in [6, 6.07) is 18.8. The number of nitrogens with zero attached hydrogens (tertiary/aromatic N) is 2. The zero-order chi connectivity index (χ0) is 24.5. The first-order valence-electron chi connectivity index (χ1n) is 12.1. The molecule has 0 aliphatic carbocycles. The molecular formula is C30H37N3O. The van der Waals surface area contributed by atoms with Crippen molar-refractivity contribution in [1.29, 1.82) is 0 Å². The summed E-state index contributed by atoms with van der Waals surface area (Å²) >= 11 is 0. The van der Waals surface area contributed by atoms with E-state index in [0.717, 1.165) is 28.9 Å². The highest BCUT2D eigenvalue weighted by Gasteiger charge is 2.26. The number of phenols is 1. The van der Waals surface area contributed by atoms with Crippen LogP contribution in [0.3, 0.4) is 0 Å². The van der Waals surface area contributed by atoms with Crippen molar-refractivity contribution in [2.24, 2.45) is 0 Å². The molecule has 2 N–H and O–H groups in total. The minimum atomic E-state index is -0.150. The number of phenolic OH excluding ortho intramolecular Hbond substituents is 1. The predicted molar refractivity (Wildman–Crippen MR) is 141 cm³/mol. The topological polar surface area (TPSA) is 52.2 Å². The molecule has 0 atom stereocenters. The van der Waals surface area contributed by atoms with Crippen LogP contribution in [0, 0.1) is 0 Å². The van der Waals surface area contributed by atoms with Gasteiger partial charge in [-0.15, -0.1) is 0 Å². The first kappa shape index (κ1) is 24.0. The Labute approximate surface area is 203 Å². The van der Waals surface area contributed by atoms with Crippen molar-refractivity contribution in [2.45, 2.75) is 72.0 Å². The normalized spacial score (nSPS) is 12.6. The quantitative estimate of drug-likeness (QED) is 0.327. The Morgan fingerprint density at radius 2 is 1.53 bits per heavy atom. The lowest BCUT2D eigenvalue weighted by Gasteiger charge is -2.29. The molecule has 0 aliphatic heterocycles. The summed E-state index contributed by atoms with van der Waals surface area (Å²) in [4.78, 5) is 10.3. The maximum absolute atomic E-state index is 11.4. The monoisotopic (exact) mass is 455 g/mol. The van der Waals surface area contributed by atoms with Crippen molar-refractivity contribution in [3.05, 3.63) is 94.9 Å². The van der Waals surface area contributed by atoms with Crippen LogP contribution in [0.4, 0.5) is 0 Å². The number of hydrogen-bond donors (Lipinski definition) is 2. The Hall–Kier alpha value is -3.11. The molecule has 0 saturated carbocycles. The number of pyridine rings is 1. The third-order valence-corrected chi connectivity index (χ3v) is 6.44. The number of aromatic nitrogens is 2. The van der Waals surface area contributed by atoms with Gasteiger partial charge in [-0.05, 0) is 45.7 Å². The van der Waals surface area contributed by atoms with Crippen LogP contribution in [-0.2, 0) is 30.5 Å². The van der Waals surface area contributed by atoms with E-state index in [1.807, 2.05) is 18.3 Å². The zero-order valence-electron chi connectivity index (χ0n) is 21.3. The molecule has 0 amide bonds. The molecule has 0 unspecified atom stereocenters. The van der Waals surface area contributed by atoms with Crippen molar-refractivity contribution >= 4 is 10.9 Å². The second-order valence-corrected chi connectivity index (χ2v) is 11.4. The number of fused-ring (bicyclic) bond motifs is 1. The van der Waals surface area contributed by atoms with E-state index in [1.54, 1.807) is 0 Å². The van der Waals surface area contributed by atoms with Crippen LogP contribution in [0.25, 0.3) is 10.9 Å². The van der Waals surface area contributed by atoms with E-state index in [2.05, 4.69) is 105 Å². The molecule has 4 nitrogen and oxygen atoms in total. The number of hydrogen-bond acceptors (Lipinski definition) is 3. The summed E-state index contributed by atoms with van der Waals surface area (Å²) in [7, 11) is 0. The summed E-state index contributed by atoms with van der Waals surface area (Å²) in [6.07, 6.45) is 3.94. The molecule has 0 spiro atoms. The highest BCUT2D eigenvalue weighted by molar-refractivity contribution is 5.82. The molecule has 0 fully saturated rings. The first-order chi connectivity index (χ1) is 16.0. The molecule has 2 heterocycles. The molecule has 0 bridgehead atoms. The maximum Gasteiger partial charge on any atom is 0.123 e. The molecule has 4 aromatic rings. The van der Waals surface area contributed by atoms with Crippen LogP contribution in [-0.4, -0.2) is 20.0 Å². The summed E-state index contributed by atoms with van der Waals surface area (Å²) in [5.74, 6) is 0.408. The Balaban J connectivity index is 1.75. The average Bonchev–Trinajstić information content (AvgIpc) is 3.17. The largest absolute Gasteiger partial charge is 0.507 e. The van der Waals surface area contributed by atoms with E-state index >= 15 is 0 Å². The SMILES string of the molecule is CC(C)(C)c1cc(CN(Cc2ccccn2)Cc2c[nH]c3ccccc23)c(O)c(C(C)(C)C)c1. The van der Waals surface area contributed by atoms with Crippen LogP contribution in [0.2, 0.25) is 0 Å². The van der Waals surface area contributed by atoms with Crippen LogP contribution < -0.4 is 0 Å². The van der Waals surface area contributed by atoms with Crippen LogP contribution in [0.1, 0.15) is 69.5 Å². The third kappa shape index (κ3) is 5.34. The maximum atomic E-state index is 11.4. The first-order valence-corrected chi connectivity index (χ1v) is 12.1. The number of H-pyrrole nitrogens is 1. The Morgan fingerprint density at radius 3 is 2.21 bits per heavy atom. The van der Waals surface area contributed by atoms with Gasteiger partial charge in [-0.3, -0.25) is 9.88 Å². The van der Waals surface area contributed by atoms with Gasteiger partial charge in [0.25, 0.3) is 0 Å². The number of rotatable bonds is 6. The second kappa shape index (κ2) is 9.27. The number of aromatic amines is 1. The van der Waals surface area contributed by atoms with Crippen LogP contribution >= 0.6 is 0 Å². The predicted octanol–water partition coefficient (Wildman–Crippen LogP) is 7.07. The molecule has 0 radical (unpaired) electrons. The number of aromatic hydroxyl groups is 1.